The normalized spacial score (nSPS) is 23.1. The molecule has 7 heteroatoms. The predicted molar refractivity (Wildman–Crippen MR) is 102 cm³/mol. The van der Waals surface area contributed by atoms with Gasteiger partial charge in [0.05, 0.1) is 5.02 Å². The van der Waals surface area contributed by atoms with Crippen LogP contribution in [0.1, 0.15) is 31.2 Å². The van der Waals surface area contributed by atoms with Crippen LogP contribution in [0.4, 0.5) is 10.2 Å². The maximum Gasteiger partial charge on any atom is 0.222 e. The monoisotopic (exact) mass is 388 g/mol. The fraction of sp³-hybridized carbons (Fsp3) is 0.450. The first-order valence-corrected chi connectivity index (χ1v) is 9.65. The summed E-state index contributed by atoms with van der Waals surface area (Å²) in [5.74, 6) is 0.144. The molecule has 2 aromatic heterocycles. The summed E-state index contributed by atoms with van der Waals surface area (Å²) < 4.78 is 14.4. The lowest BCUT2D eigenvalue weighted by atomic mass is 9.73. The highest BCUT2D eigenvalue weighted by molar-refractivity contribution is 6.30. The van der Waals surface area contributed by atoms with Crippen molar-refractivity contribution < 1.29 is 9.18 Å². The Balaban J connectivity index is 1.52. The van der Waals surface area contributed by atoms with Gasteiger partial charge in [-0.05, 0) is 37.0 Å². The van der Waals surface area contributed by atoms with Gasteiger partial charge in [0.15, 0.2) is 11.6 Å². The van der Waals surface area contributed by atoms with E-state index in [1.54, 1.807) is 12.4 Å². The van der Waals surface area contributed by atoms with Crippen LogP contribution >= 0.6 is 11.6 Å². The second-order valence-corrected chi connectivity index (χ2v) is 8.03. The largest absolute Gasteiger partial charge is 0.354 e. The average molecular weight is 389 g/mol. The van der Waals surface area contributed by atoms with Gasteiger partial charge in [-0.2, -0.15) is 0 Å². The van der Waals surface area contributed by atoms with Gasteiger partial charge >= 0.3 is 0 Å². The quantitative estimate of drug-likeness (QED) is 0.804. The van der Waals surface area contributed by atoms with Crippen molar-refractivity contribution in [1.29, 1.82) is 0 Å². The van der Waals surface area contributed by atoms with E-state index < -0.39 is 5.82 Å². The molecule has 2 aliphatic heterocycles. The van der Waals surface area contributed by atoms with E-state index in [2.05, 4.69) is 9.97 Å². The Kier molecular flexibility index (Phi) is 5.00. The van der Waals surface area contributed by atoms with Crippen molar-refractivity contribution in [2.45, 2.75) is 32.2 Å². The molecule has 2 saturated heterocycles. The zero-order chi connectivity index (χ0) is 18.9. The van der Waals surface area contributed by atoms with Gasteiger partial charge in [0.2, 0.25) is 5.91 Å². The number of pyridine rings is 2. The molecule has 0 saturated carbocycles. The van der Waals surface area contributed by atoms with Crippen LogP contribution in [0.3, 0.4) is 0 Å². The van der Waals surface area contributed by atoms with E-state index in [1.807, 2.05) is 21.9 Å². The predicted octanol–water partition coefficient (Wildman–Crippen LogP) is 3.68. The summed E-state index contributed by atoms with van der Waals surface area (Å²) in [6.07, 6.45) is 8.38. The van der Waals surface area contributed by atoms with E-state index in [0.29, 0.717) is 36.9 Å². The first kappa shape index (κ1) is 18.2. The summed E-state index contributed by atoms with van der Waals surface area (Å²) in [7, 11) is 0. The van der Waals surface area contributed by atoms with Gasteiger partial charge in [-0.15, -0.1) is 0 Å². The fourth-order valence-corrected chi connectivity index (χ4v) is 4.46. The van der Waals surface area contributed by atoms with E-state index in [0.717, 1.165) is 31.4 Å². The summed E-state index contributed by atoms with van der Waals surface area (Å²) in [6, 6.07) is 5.18. The zero-order valence-electron chi connectivity index (χ0n) is 15.1. The van der Waals surface area contributed by atoms with Gasteiger partial charge in [0.25, 0.3) is 0 Å². The second-order valence-electron chi connectivity index (χ2n) is 7.60. The molecular formula is C20H22ClFN4O. The Bertz CT molecular complexity index is 834. The Morgan fingerprint density at radius 3 is 2.93 bits per heavy atom. The number of amides is 1. The maximum atomic E-state index is 14.4. The first-order chi connectivity index (χ1) is 13.0. The molecule has 2 aliphatic rings. The number of aromatic nitrogens is 2. The lowest BCUT2D eigenvalue weighted by Crippen LogP contribution is -2.54. The molecule has 4 heterocycles. The van der Waals surface area contributed by atoms with Crippen molar-refractivity contribution in [2.24, 2.45) is 5.41 Å². The first-order valence-electron chi connectivity index (χ1n) is 9.27. The molecule has 2 fully saturated rings. The van der Waals surface area contributed by atoms with Crippen molar-refractivity contribution in [3.63, 3.8) is 0 Å². The SMILES string of the molecule is O=C1CC[C@@]2(CCCN(c3ncc(Cl)cc3F)C2)CN1Cc1cccnc1. The molecule has 27 heavy (non-hydrogen) atoms. The number of nitrogens with zero attached hydrogens (tertiary/aromatic N) is 4. The summed E-state index contributed by atoms with van der Waals surface area (Å²) >= 11 is 5.84. The highest BCUT2D eigenvalue weighted by Crippen LogP contribution is 2.40. The van der Waals surface area contributed by atoms with Gasteiger partial charge in [0, 0.05) is 56.6 Å². The maximum absolute atomic E-state index is 14.4. The number of anilines is 1. The van der Waals surface area contributed by atoms with Crippen LogP contribution in [-0.2, 0) is 11.3 Å². The van der Waals surface area contributed by atoms with Gasteiger partial charge in [-0.1, -0.05) is 17.7 Å². The lowest BCUT2D eigenvalue weighted by Gasteiger charge is -2.48. The van der Waals surface area contributed by atoms with Crippen molar-refractivity contribution in [3.8, 4) is 0 Å². The van der Waals surface area contributed by atoms with Crippen LogP contribution in [0, 0.1) is 11.2 Å². The third-order valence-corrected chi connectivity index (χ3v) is 5.80. The van der Waals surface area contributed by atoms with Crippen LogP contribution in [-0.4, -0.2) is 40.4 Å². The van der Waals surface area contributed by atoms with Crippen molar-refractivity contribution in [3.05, 3.63) is 53.2 Å². The van der Waals surface area contributed by atoms with Gasteiger partial charge < -0.3 is 9.80 Å². The molecule has 142 valence electrons. The molecule has 0 aromatic carbocycles. The highest BCUT2D eigenvalue weighted by Gasteiger charge is 2.42. The molecule has 1 spiro atoms. The van der Waals surface area contributed by atoms with E-state index in [4.69, 9.17) is 11.6 Å². The number of halogens is 2. The Morgan fingerprint density at radius 1 is 1.26 bits per heavy atom. The molecule has 4 rings (SSSR count). The van der Waals surface area contributed by atoms with Crippen molar-refractivity contribution >= 4 is 23.3 Å². The smallest absolute Gasteiger partial charge is 0.222 e. The summed E-state index contributed by atoms with van der Waals surface area (Å²) in [4.78, 5) is 24.8. The van der Waals surface area contributed by atoms with E-state index in [-0.39, 0.29) is 11.3 Å². The molecule has 0 bridgehead atoms. The van der Waals surface area contributed by atoms with Gasteiger partial charge in [0.1, 0.15) is 0 Å². The summed E-state index contributed by atoms with van der Waals surface area (Å²) in [5, 5.41) is 0.300. The van der Waals surface area contributed by atoms with Crippen LogP contribution < -0.4 is 4.90 Å². The molecule has 0 radical (unpaired) electrons. The topological polar surface area (TPSA) is 49.3 Å². The van der Waals surface area contributed by atoms with Crippen molar-refractivity contribution in [2.75, 3.05) is 24.5 Å². The minimum Gasteiger partial charge on any atom is -0.354 e. The number of rotatable bonds is 3. The number of hydrogen-bond acceptors (Lipinski definition) is 4. The molecule has 1 atom stereocenters. The molecule has 0 aliphatic carbocycles. The van der Waals surface area contributed by atoms with Crippen LogP contribution in [0.25, 0.3) is 0 Å². The minimum atomic E-state index is -0.390. The molecule has 5 nitrogen and oxygen atoms in total. The van der Waals surface area contributed by atoms with Gasteiger partial charge in [-0.3, -0.25) is 9.78 Å². The highest BCUT2D eigenvalue weighted by atomic mass is 35.5. The Hall–Kier alpha value is -2.21. The molecule has 2 aromatic rings. The Labute approximate surface area is 163 Å². The summed E-state index contributed by atoms with van der Waals surface area (Å²) in [5.41, 5.74) is 1.00. The summed E-state index contributed by atoms with van der Waals surface area (Å²) in [6.45, 7) is 2.73. The second kappa shape index (κ2) is 7.43. The third-order valence-electron chi connectivity index (χ3n) is 5.59. The molecule has 1 amide bonds. The molecular weight excluding hydrogens is 367 g/mol. The molecule has 0 unspecified atom stereocenters. The van der Waals surface area contributed by atoms with Crippen LogP contribution in [0.15, 0.2) is 36.8 Å². The van der Waals surface area contributed by atoms with Crippen molar-refractivity contribution in [1.82, 2.24) is 14.9 Å². The van der Waals surface area contributed by atoms with E-state index in [9.17, 15) is 9.18 Å². The van der Waals surface area contributed by atoms with Crippen LogP contribution in [0.2, 0.25) is 5.02 Å². The number of hydrogen-bond donors (Lipinski definition) is 0. The standard InChI is InChI=1S/C20H22ClFN4O/c21-16-9-17(22)19(24-11-16)25-8-2-5-20(13-25)6-4-18(27)26(14-20)12-15-3-1-7-23-10-15/h1,3,7,9-11H,2,4-6,8,12-14H2/t20-/m1/s1. The zero-order valence-corrected chi connectivity index (χ0v) is 15.8. The fourth-order valence-electron chi connectivity index (χ4n) is 4.32. The lowest BCUT2D eigenvalue weighted by molar-refractivity contribution is -0.138. The minimum absolute atomic E-state index is 0.0257. The van der Waals surface area contributed by atoms with Gasteiger partial charge in [-0.25, -0.2) is 9.37 Å². The number of carbonyl (C=O) groups is 1. The average Bonchev–Trinajstić information content (AvgIpc) is 2.66. The molecule has 0 N–H and O–H groups in total. The Morgan fingerprint density at radius 2 is 2.15 bits per heavy atom. The third kappa shape index (κ3) is 3.90. The number of piperidine rings is 2. The van der Waals surface area contributed by atoms with E-state index >= 15 is 0 Å². The van der Waals surface area contributed by atoms with E-state index in [1.165, 1.54) is 12.3 Å². The van der Waals surface area contributed by atoms with Crippen LogP contribution in [0.5, 0.6) is 0 Å². The number of carbonyl (C=O) groups excluding carboxylic acids is 1. The number of likely N-dealkylation sites (tertiary alicyclic amines) is 1.